The Bertz CT molecular complexity index is 3760. The maximum atomic E-state index is 2.48. The van der Waals surface area contributed by atoms with Crippen molar-refractivity contribution in [3.63, 3.8) is 0 Å². The van der Waals surface area contributed by atoms with E-state index in [-0.39, 0.29) is 0 Å². The number of aryl methyl sites for hydroxylation is 4. The number of rotatable bonds is 11. The molecule has 0 amide bonds. The molecule has 0 saturated carbocycles. The topological polar surface area (TPSA) is 6.48 Å². The lowest BCUT2D eigenvalue weighted by molar-refractivity contribution is 1.22. The Balaban J connectivity index is 0.983. The molecule has 0 saturated heterocycles. The van der Waals surface area contributed by atoms with Gasteiger partial charge in [0.25, 0.3) is 0 Å². The molecule has 0 N–H and O–H groups in total. The van der Waals surface area contributed by atoms with Crippen LogP contribution in [0.3, 0.4) is 0 Å². The summed E-state index contributed by atoms with van der Waals surface area (Å²) in [5.41, 5.74) is 23.4. The Hall–Kier alpha value is -9.24. The Morgan fingerprint density at radius 2 is 0.568 bits per heavy atom. The Morgan fingerprint density at radius 3 is 0.986 bits per heavy atom. The van der Waals surface area contributed by atoms with Crippen molar-refractivity contribution in [3.05, 3.63) is 289 Å². The van der Waals surface area contributed by atoms with Crippen LogP contribution >= 0.6 is 0 Å². The summed E-state index contributed by atoms with van der Waals surface area (Å²) in [6, 6.07) is 97.7. The summed E-state index contributed by atoms with van der Waals surface area (Å²) in [7, 11) is 0. The summed E-state index contributed by atoms with van der Waals surface area (Å²) in [5, 5.41) is 4.92. The minimum Gasteiger partial charge on any atom is -0.309 e. The first-order valence-electron chi connectivity index (χ1n) is 25.7. The van der Waals surface area contributed by atoms with Gasteiger partial charge < -0.3 is 9.80 Å². The van der Waals surface area contributed by atoms with E-state index in [2.05, 4.69) is 304 Å². The Labute approximate surface area is 435 Å². The molecule has 0 aliphatic heterocycles. The second kappa shape index (κ2) is 19.8. The van der Waals surface area contributed by atoms with Gasteiger partial charge in [-0.2, -0.15) is 0 Å². The summed E-state index contributed by atoms with van der Waals surface area (Å²) < 4.78 is 0. The number of para-hydroxylation sites is 2. The molecule has 0 fully saturated rings. The van der Waals surface area contributed by atoms with Gasteiger partial charge in [0.2, 0.25) is 0 Å². The van der Waals surface area contributed by atoms with Crippen LogP contribution in [0.1, 0.15) is 22.3 Å². The molecule has 0 bridgehead atoms. The highest BCUT2D eigenvalue weighted by atomic mass is 15.2. The number of nitrogens with zero attached hydrogens (tertiary/aromatic N) is 2. The Kier molecular flexibility index (Phi) is 12.2. The largest absolute Gasteiger partial charge is 0.309 e. The zero-order valence-corrected chi connectivity index (χ0v) is 42.3. The van der Waals surface area contributed by atoms with Crippen LogP contribution in [0, 0.1) is 27.7 Å². The first kappa shape index (κ1) is 45.9. The monoisotopic (exact) mass is 948 g/mol. The number of fused-ring (bicyclic) bond motifs is 2. The molecule has 12 aromatic rings. The lowest BCUT2D eigenvalue weighted by Crippen LogP contribution is -2.14. The second-order valence-electron chi connectivity index (χ2n) is 19.6. The van der Waals surface area contributed by atoms with Gasteiger partial charge >= 0.3 is 0 Å². The van der Waals surface area contributed by atoms with Crippen LogP contribution in [0.5, 0.6) is 0 Å². The highest BCUT2D eigenvalue weighted by Crippen LogP contribution is 2.48. The van der Waals surface area contributed by atoms with E-state index in [4.69, 9.17) is 0 Å². The summed E-state index contributed by atoms with van der Waals surface area (Å²) >= 11 is 0. The molecule has 0 aliphatic carbocycles. The molecule has 0 heterocycles. The van der Waals surface area contributed by atoms with Gasteiger partial charge in [0.1, 0.15) is 0 Å². The average Bonchev–Trinajstić information content (AvgIpc) is 3.45. The van der Waals surface area contributed by atoms with Crippen molar-refractivity contribution in [1.29, 1.82) is 0 Å². The van der Waals surface area contributed by atoms with Crippen LogP contribution in [0.2, 0.25) is 0 Å². The molecule has 354 valence electrons. The summed E-state index contributed by atoms with van der Waals surface area (Å²) in [5.74, 6) is 0. The number of hydrogen-bond donors (Lipinski definition) is 0. The van der Waals surface area contributed by atoms with Crippen LogP contribution in [-0.2, 0) is 0 Å². The van der Waals surface area contributed by atoms with Crippen molar-refractivity contribution < 1.29 is 0 Å². The predicted molar refractivity (Wildman–Crippen MR) is 317 cm³/mol. The predicted octanol–water partition coefficient (Wildman–Crippen LogP) is 20.5. The molecule has 0 unspecified atom stereocenters. The highest BCUT2D eigenvalue weighted by molar-refractivity contribution is 5.97. The molecule has 0 aromatic heterocycles. The van der Waals surface area contributed by atoms with E-state index in [1.165, 1.54) is 111 Å². The quantitative estimate of drug-likeness (QED) is 0.127. The zero-order chi connectivity index (χ0) is 50.1. The first-order chi connectivity index (χ1) is 36.3. The van der Waals surface area contributed by atoms with E-state index < -0.39 is 0 Å². The molecular weight excluding hydrogens is 893 g/mol. The van der Waals surface area contributed by atoms with E-state index in [0.29, 0.717) is 0 Å². The maximum Gasteiger partial charge on any atom is 0.0569 e. The molecule has 2 heteroatoms. The molecule has 74 heavy (non-hydrogen) atoms. The van der Waals surface area contributed by atoms with Gasteiger partial charge in [0.05, 0.1) is 11.4 Å². The smallest absolute Gasteiger partial charge is 0.0569 e. The molecule has 12 rings (SSSR count). The van der Waals surface area contributed by atoms with Gasteiger partial charge in [0, 0.05) is 33.9 Å². The van der Waals surface area contributed by atoms with Gasteiger partial charge in [-0.1, -0.05) is 206 Å². The van der Waals surface area contributed by atoms with Gasteiger partial charge in [-0.3, -0.25) is 0 Å². The van der Waals surface area contributed by atoms with Gasteiger partial charge in [0.15, 0.2) is 0 Å². The fraction of sp³-hybridized carbons (Fsp3) is 0.0556. The third-order valence-corrected chi connectivity index (χ3v) is 14.7. The molecule has 0 atom stereocenters. The van der Waals surface area contributed by atoms with E-state index in [1.54, 1.807) is 0 Å². The average molecular weight is 949 g/mol. The summed E-state index contributed by atoms with van der Waals surface area (Å²) in [6.45, 7) is 9.00. The number of anilines is 6. The summed E-state index contributed by atoms with van der Waals surface area (Å²) in [4.78, 5) is 4.97. The maximum absolute atomic E-state index is 2.48. The normalized spacial score (nSPS) is 11.2. The van der Waals surface area contributed by atoms with E-state index in [1.807, 2.05) is 0 Å². The Morgan fingerprint density at radius 1 is 0.216 bits per heavy atom. The van der Waals surface area contributed by atoms with Crippen LogP contribution in [0.25, 0.3) is 77.2 Å². The van der Waals surface area contributed by atoms with Crippen molar-refractivity contribution >= 4 is 55.7 Å². The van der Waals surface area contributed by atoms with Crippen molar-refractivity contribution in [2.45, 2.75) is 27.7 Å². The van der Waals surface area contributed by atoms with Crippen LogP contribution in [0.4, 0.5) is 34.1 Å². The minimum atomic E-state index is 1.11. The molecule has 12 aromatic carbocycles. The van der Waals surface area contributed by atoms with E-state index >= 15 is 0 Å². The van der Waals surface area contributed by atoms with Gasteiger partial charge in [-0.25, -0.2) is 0 Å². The third kappa shape index (κ3) is 8.82. The molecule has 0 aliphatic rings. The van der Waals surface area contributed by atoms with Gasteiger partial charge in [-0.05, 0) is 177 Å². The van der Waals surface area contributed by atoms with Crippen LogP contribution in [0.15, 0.2) is 267 Å². The zero-order valence-electron chi connectivity index (χ0n) is 42.3. The van der Waals surface area contributed by atoms with E-state index in [9.17, 15) is 0 Å². The van der Waals surface area contributed by atoms with Crippen molar-refractivity contribution in [1.82, 2.24) is 0 Å². The van der Waals surface area contributed by atoms with E-state index in [0.717, 1.165) is 22.7 Å². The standard InChI is InChI=1S/C72H56N2/c1-49-19-15-33-67(63-37-35-55-25-11-13-27-57(55)45-63)71(49)73(65-31-17-29-59(47-65)53-21-7-5-8-22-53)69-41-39-61(43-51(69)3)62-40-42-70(52(4)44-62)74(66-32-18-30-60(48-66)54-23-9-6-10-24-54)72-50(2)20-16-34-68(72)64-38-36-56-26-12-14-28-58(56)46-64/h5-48H,1-4H3. The lowest BCUT2D eigenvalue weighted by Gasteiger charge is -2.32. The minimum absolute atomic E-state index is 1.11. The van der Waals surface area contributed by atoms with Crippen molar-refractivity contribution in [3.8, 4) is 55.6 Å². The third-order valence-electron chi connectivity index (χ3n) is 14.7. The molecular formula is C72H56N2. The van der Waals surface area contributed by atoms with Crippen LogP contribution in [-0.4, -0.2) is 0 Å². The summed E-state index contributed by atoms with van der Waals surface area (Å²) in [6.07, 6.45) is 0. The lowest BCUT2D eigenvalue weighted by atomic mass is 9.94. The first-order valence-corrected chi connectivity index (χ1v) is 25.7. The van der Waals surface area contributed by atoms with Crippen LogP contribution < -0.4 is 9.80 Å². The molecule has 0 spiro atoms. The molecule has 0 radical (unpaired) electrons. The second-order valence-corrected chi connectivity index (χ2v) is 19.6. The fourth-order valence-corrected chi connectivity index (χ4v) is 11.0. The molecule has 2 nitrogen and oxygen atoms in total. The fourth-order valence-electron chi connectivity index (χ4n) is 11.0. The van der Waals surface area contributed by atoms with Crippen molar-refractivity contribution in [2.24, 2.45) is 0 Å². The number of hydrogen-bond acceptors (Lipinski definition) is 2. The van der Waals surface area contributed by atoms with Crippen molar-refractivity contribution in [2.75, 3.05) is 9.80 Å². The number of benzene rings is 12. The SMILES string of the molecule is Cc1cc(-c2ccc(N(c3cccc(-c4ccccc4)c3)c3c(C)cccc3-c3ccc4ccccc4c3)c(C)c2)ccc1N(c1cccc(-c2ccccc2)c1)c1c(C)cccc1-c1ccc2ccccc2c1. The van der Waals surface area contributed by atoms with Gasteiger partial charge in [-0.15, -0.1) is 0 Å². The highest BCUT2D eigenvalue weighted by Gasteiger charge is 2.24.